The molecule has 2 saturated carbocycles. The number of nitrogens with one attached hydrogen (secondary N) is 1. The molecule has 0 unspecified atom stereocenters. The molecule has 0 spiro atoms. The lowest BCUT2D eigenvalue weighted by molar-refractivity contribution is -0.131. The molecule has 0 bridgehead atoms. The van der Waals surface area contributed by atoms with Crippen LogP contribution in [0.25, 0.3) is 0 Å². The van der Waals surface area contributed by atoms with Gasteiger partial charge in [-0.3, -0.25) is 14.4 Å². The average molecular weight is 669 g/mol. The van der Waals surface area contributed by atoms with Gasteiger partial charge in [-0.15, -0.1) is 0 Å². The summed E-state index contributed by atoms with van der Waals surface area (Å²) in [5.41, 5.74) is 11.4. The van der Waals surface area contributed by atoms with Crippen molar-refractivity contribution in [1.29, 1.82) is 0 Å². The third-order valence-electron chi connectivity index (χ3n) is 9.74. The van der Waals surface area contributed by atoms with Gasteiger partial charge < -0.3 is 11.1 Å². The lowest BCUT2D eigenvalue weighted by atomic mass is 9.62. The summed E-state index contributed by atoms with van der Waals surface area (Å²) >= 11 is 0. The van der Waals surface area contributed by atoms with Crippen LogP contribution in [0.15, 0.2) is 73.3 Å². The van der Waals surface area contributed by atoms with Crippen molar-refractivity contribution in [2.75, 3.05) is 13.1 Å². The minimum Gasteiger partial charge on any atom is -0.344 e. The lowest BCUT2D eigenvalue weighted by Gasteiger charge is -2.42. The van der Waals surface area contributed by atoms with Crippen molar-refractivity contribution in [3.8, 4) is 0 Å². The highest BCUT2D eigenvalue weighted by Crippen LogP contribution is 2.47. The molecule has 256 valence electrons. The topological polar surface area (TPSA) is 141 Å². The number of benzene rings is 2. The number of rotatable bonds is 12. The van der Waals surface area contributed by atoms with E-state index in [0.717, 1.165) is 31.5 Å². The number of carbonyl (C=O) groups excluding carboxylic acids is 3. The van der Waals surface area contributed by atoms with Gasteiger partial charge in [0, 0.05) is 48.5 Å². The van der Waals surface area contributed by atoms with E-state index in [4.69, 9.17) is 5.73 Å². The zero-order valence-electron chi connectivity index (χ0n) is 27.9. The second-order valence-electron chi connectivity index (χ2n) is 13.2. The molecule has 1 amide bonds. The summed E-state index contributed by atoms with van der Waals surface area (Å²) in [5, 5.41) is 1.88. The molecular formula is C38H42F2N6O3. The highest BCUT2D eigenvalue weighted by atomic mass is 19.3. The lowest BCUT2D eigenvalue weighted by Crippen LogP contribution is -2.37. The first-order valence-corrected chi connectivity index (χ1v) is 16.6. The maximum absolute atomic E-state index is 12.1. The Bertz CT molecular complexity index is 1770. The van der Waals surface area contributed by atoms with Crippen LogP contribution < -0.4 is 11.1 Å². The summed E-state index contributed by atoms with van der Waals surface area (Å²) in [5.74, 6) is -0.652. The average Bonchev–Trinajstić information content (AvgIpc) is 3.07. The molecule has 2 aliphatic carbocycles. The number of halogens is 2. The van der Waals surface area contributed by atoms with Gasteiger partial charge in [0.05, 0.1) is 24.2 Å². The molecule has 0 radical (unpaired) electrons. The number of aryl methyl sites for hydroxylation is 2. The van der Waals surface area contributed by atoms with Crippen LogP contribution in [0.2, 0.25) is 0 Å². The molecule has 9 nitrogen and oxygen atoms in total. The van der Waals surface area contributed by atoms with Gasteiger partial charge in [-0.05, 0) is 50.7 Å². The van der Waals surface area contributed by atoms with Crippen molar-refractivity contribution in [1.82, 2.24) is 25.3 Å². The van der Waals surface area contributed by atoms with Crippen LogP contribution >= 0.6 is 0 Å². The molecule has 0 aliphatic heterocycles. The van der Waals surface area contributed by atoms with E-state index in [2.05, 4.69) is 82.3 Å². The molecule has 11 heteroatoms. The Morgan fingerprint density at radius 3 is 1.51 bits per heavy atom. The first-order valence-electron chi connectivity index (χ1n) is 16.6. The molecule has 49 heavy (non-hydrogen) atoms. The summed E-state index contributed by atoms with van der Waals surface area (Å²) in [6.45, 7) is 3.69. The molecule has 3 N–H and O–H groups in total. The summed E-state index contributed by atoms with van der Waals surface area (Å²) in [6.07, 6.45) is 11.2. The van der Waals surface area contributed by atoms with Crippen molar-refractivity contribution >= 4 is 17.5 Å². The monoisotopic (exact) mass is 668 g/mol. The fraction of sp³-hybridized carbons (Fsp3) is 0.395. The van der Waals surface area contributed by atoms with E-state index in [9.17, 15) is 23.2 Å². The number of amides is 1. The Labute approximate surface area is 285 Å². The van der Waals surface area contributed by atoms with Crippen LogP contribution in [0.3, 0.4) is 0 Å². The van der Waals surface area contributed by atoms with Gasteiger partial charge in [-0.2, -0.15) is 8.78 Å². The minimum absolute atomic E-state index is 0.00403. The highest BCUT2D eigenvalue weighted by molar-refractivity contribution is 5.99. The fourth-order valence-electron chi connectivity index (χ4n) is 6.54. The first-order chi connectivity index (χ1) is 23.5. The Balaban J connectivity index is 0.000000195. The second kappa shape index (κ2) is 15.6. The van der Waals surface area contributed by atoms with Crippen molar-refractivity contribution in [2.24, 2.45) is 5.73 Å². The zero-order valence-corrected chi connectivity index (χ0v) is 27.9. The second-order valence-corrected chi connectivity index (χ2v) is 13.2. The van der Waals surface area contributed by atoms with E-state index in [1.165, 1.54) is 53.9 Å². The third-order valence-corrected chi connectivity index (χ3v) is 9.74. The molecule has 2 aliphatic rings. The molecule has 0 saturated heterocycles. The smallest absolute Gasteiger partial charge is 0.315 e. The molecule has 2 heterocycles. The Kier molecular flexibility index (Phi) is 11.3. The Morgan fingerprint density at radius 1 is 0.735 bits per heavy atom. The minimum atomic E-state index is -3.14. The van der Waals surface area contributed by atoms with E-state index < -0.39 is 24.7 Å². The summed E-state index contributed by atoms with van der Waals surface area (Å²) in [7, 11) is 0. The van der Waals surface area contributed by atoms with Crippen molar-refractivity contribution in [2.45, 2.75) is 82.5 Å². The third kappa shape index (κ3) is 8.64. The maximum Gasteiger partial charge on any atom is 0.315 e. The predicted molar refractivity (Wildman–Crippen MR) is 182 cm³/mol. The van der Waals surface area contributed by atoms with Gasteiger partial charge in [-0.1, -0.05) is 72.5 Å². The van der Waals surface area contributed by atoms with Crippen LogP contribution in [0, 0.1) is 13.8 Å². The number of carbonyl (C=O) groups is 3. The SMILES string of the molecule is Cc1cccc(C2(Cc3ncc(C(=O)CN)cn3)CCC2)c1.Cc1cccc(C2(Cc3ncc(C(=O)CNC(=O)C(F)F)cn3)CCC2)c1. The normalized spacial score (nSPS) is 15.6. The quantitative estimate of drug-likeness (QED) is 0.186. The van der Waals surface area contributed by atoms with E-state index in [1.807, 2.05) is 5.32 Å². The van der Waals surface area contributed by atoms with Gasteiger partial charge >= 0.3 is 6.43 Å². The number of nitrogens with two attached hydrogens (primary N) is 1. The summed E-state index contributed by atoms with van der Waals surface area (Å²) < 4.78 is 24.3. The van der Waals surface area contributed by atoms with Crippen LogP contribution in [0.4, 0.5) is 8.78 Å². The standard InChI is InChI=1S/C20H21F2N3O2.C18H21N3O/c1-13-4-2-5-15(8-13)20(6-3-7-20)9-17-23-10-14(11-24-17)16(26)12-25-19(27)18(21)22;1-13-4-2-5-15(8-13)18(6-3-7-18)9-17-20-11-14(12-21-17)16(22)10-19/h2,4-5,8,10-11,18H,3,6-7,9,12H2,1H3,(H,25,27);2,4-5,8,11-12H,3,6-7,9-10,19H2,1H3. The summed E-state index contributed by atoms with van der Waals surface area (Å²) in [6, 6.07) is 17.2. The number of nitrogens with zero attached hydrogens (tertiary/aromatic N) is 4. The number of aromatic nitrogens is 4. The van der Waals surface area contributed by atoms with Gasteiger partial charge in [0.25, 0.3) is 5.91 Å². The van der Waals surface area contributed by atoms with Crippen LogP contribution in [0.1, 0.15) is 93.1 Å². The Hall–Kier alpha value is -4.77. The molecule has 6 rings (SSSR count). The molecular weight excluding hydrogens is 626 g/mol. The van der Waals surface area contributed by atoms with Crippen LogP contribution in [-0.4, -0.2) is 56.9 Å². The molecule has 2 fully saturated rings. The number of Topliss-reactive ketones (excluding diaryl/α,β-unsaturated/α-hetero) is 2. The number of alkyl halides is 2. The number of ketones is 2. The maximum atomic E-state index is 12.1. The molecule has 0 atom stereocenters. The number of hydrogen-bond acceptors (Lipinski definition) is 8. The molecule has 2 aromatic heterocycles. The van der Waals surface area contributed by atoms with Gasteiger partial charge in [0.2, 0.25) is 0 Å². The van der Waals surface area contributed by atoms with Gasteiger partial charge in [-0.25, -0.2) is 19.9 Å². The molecule has 4 aromatic rings. The van der Waals surface area contributed by atoms with E-state index in [1.54, 1.807) is 12.4 Å². The van der Waals surface area contributed by atoms with E-state index >= 15 is 0 Å². The van der Waals surface area contributed by atoms with Crippen molar-refractivity contribution < 1.29 is 23.2 Å². The fourth-order valence-corrected chi connectivity index (χ4v) is 6.54. The molecule has 2 aromatic carbocycles. The van der Waals surface area contributed by atoms with Crippen LogP contribution in [0.5, 0.6) is 0 Å². The largest absolute Gasteiger partial charge is 0.344 e. The van der Waals surface area contributed by atoms with Crippen molar-refractivity contribution in [3.05, 3.63) is 118 Å². The van der Waals surface area contributed by atoms with Crippen LogP contribution in [-0.2, 0) is 28.5 Å². The summed E-state index contributed by atoms with van der Waals surface area (Å²) in [4.78, 5) is 51.6. The van der Waals surface area contributed by atoms with E-state index in [0.29, 0.717) is 17.8 Å². The van der Waals surface area contributed by atoms with Gasteiger partial charge in [0.1, 0.15) is 11.6 Å². The highest BCUT2D eigenvalue weighted by Gasteiger charge is 2.40. The zero-order chi connectivity index (χ0) is 35.0. The Morgan fingerprint density at radius 2 is 1.16 bits per heavy atom. The van der Waals surface area contributed by atoms with Gasteiger partial charge in [0.15, 0.2) is 11.6 Å². The number of hydrogen-bond donors (Lipinski definition) is 2. The predicted octanol–water partition coefficient (Wildman–Crippen LogP) is 5.60. The van der Waals surface area contributed by atoms with E-state index in [-0.39, 0.29) is 28.7 Å². The first kappa shape index (κ1) is 35.5. The van der Waals surface area contributed by atoms with Crippen molar-refractivity contribution in [3.63, 3.8) is 0 Å².